The molecule has 3 nitrogen and oxygen atoms in total. The van der Waals surface area contributed by atoms with E-state index in [2.05, 4.69) is 44.7 Å². The Hall–Kier alpha value is -0.120. The number of nitrogens with zero attached hydrogens (tertiary/aromatic N) is 2. The Morgan fingerprint density at radius 2 is 1.85 bits per heavy atom. The SMILES string of the molecule is CN(C)C1CCN(CC2CC(C(C)(C)C)CCC2O)C1. The van der Waals surface area contributed by atoms with Crippen molar-refractivity contribution in [3.05, 3.63) is 0 Å². The van der Waals surface area contributed by atoms with Crippen LogP contribution in [0.3, 0.4) is 0 Å². The molecule has 3 heteroatoms. The number of aliphatic hydroxyl groups excluding tert-OH is 1. The van der Waals surface area contributed by atoms with Crippen LogP contribution in [0.25, 0.3) is 0 Å². The van der Waals surface area contributed by atoms with Crippen LogP contribution >= 0.6 is 0 Å². The average Bonchev–Trinajstić information content (AvgIpc) is 2.79. The van der Waals surface area contributed by atoms with Gasteiger partial charge in [0, 0.05) is 19.1 Å². The molecular formula is C17H34N2O. The van der Waals surface area contributed by atoms with Crippen LogP contribution in [0.15, 0.2) is 0 Å². The molecule has 1 N–H and O–H groups in total. The fourth-order valence-corrected chi connectivity index (χ4v) is 3.96. The molecule has 118 valence electrons. The second kappa shape index (κ2) is 6.33. The second-order valence-corrected chi connectivity index (χ2v) is 8.37. The van der Waals surface area contributed by atoms with Gasteiger partial charge in [-0.2, -0.15) is 0 Å². The number of rotatable bonds is 3. The summed E-state index contributed by atoms with van der Waals surface area (Å²) >= 11 is 0. The van der Waals surface area contributed by atoms with Crippen LogP contribution in [0, 0.1) is 17.3 Å². The Morgan fingerprint density at radius 3 is 2.40 bits per heavy atom. The van der Waals surface area contributed by atoms with Crippen LogP contribution in [0.1, 0.15) is 46.5 Å². The lowest BCUT2D eigenvalue weighted by Gasteiger charge is -2.41. The third kappa shape index (κ3) is 3.96. The number of likely N-dealkylation sites (tertiary alicyclic amines) is 1. The summed E-state index contributed by atoms with van der Waals surface area (Å²) in [7, 11) is 4.36. The number of hydrogen-bond donors (Lipinski definition) is 1. The molecule has 0 amide bonds. The van der Waals surface area contributed by atoms with Crippen LogP contribution in [0.2, 0.25) is 0 Å². The quantitative estimate of drug-likeness (QED) is 0.861. The lowest BCUT2D eigenvalue weighted by atomic mass is 9.68. The van der Waals surface area contributed by atoms with Gasteiger partial charge in [0.1, 0.15) is 0 Å². The van der Waals surface area contributed by atoms with E-state index in [1.54, 1.807) is 0 Å². The maximum atomic E-state index is 10.4. The molecule has 2 fully saturated rings. The van der Waals surface area contributed by atoms with Crippen molar-refractivity contribution < 1.29 is 5.11 Å². The van der Waals surface area contributed by atoms with Gasteiger partial charge >= 0.3 is 0 Å². The van der Waals surface area contributed by atoms with Gasteiger partial charge in [0.25, 0.3) is 0 Å². The molecule has 0 aromatic heterocycles. The molecule has 4 unspecified atom stereocenters. The fraction of sp³-hybridized carbons (Fsp3) is 1.00. The van der Waals surface area contributed by atoms with Crippen molar-refractivity contribution in [3.63, 3.8) is 0 Å². The van der Waals surface area contributed by atoms with Crippen molar-refractivity contribution >= 4 is 0 Å². The highest BCUT2D eigenvalue weighted by Gasteiger charge is 2.36. The van der Waals surface area contributed by atoms with E-state index in [0.717, 1.165) is 18.9 Å². The second-order valence-electron chi connectivity index (χ2n) is 8.37. The van der Waals surface area contributed by atoms with E-state index in [4.69, 9.17) is 0 Å². The lowest BCUT2D eigenvalue weighted by molar-refractivity contribution is 0.00561. The summed E-state index contributed by atoms with van der Waals surface area (Å²) < 4.78 is 0. The van der Waals surface area contributed by atoms with Crippen molar-refractivity contribution in [1.29, 1.82) is 0 Å². The van der Waals surface area contributed by atoms with Crippen LogP contribution < -0.4 is 0 Å². The van der Waals surface area contributed by atoms with E-state index in [0.29, 0.717) is 17.4 Å². The highest BCUT2D eigenvalue weighted by atomic mass is 16.3. The summed E-state index contributed by atoms with van der Waals surface area (Å²) in [5.41, 5.74) is 0.384. The van der Waals surface area contributed by atoms with Crippen LogP contribution in [0.4, 0.5) is 0 Å². The summed E-state index contributed by atoms with van der Waals surface area (Å²) in [4.78, 5) is 4.92. The van der Waals surface area contributed by atoms with Gasteiger partial charge < -0.3 is 14.9 Å². The maximum absolute atomic E-state index is 10.4. The largest absolute Gasteiger partial charge is 0.393 e. The molecule has 2 aliphatic rings. The van der Waals surface area contributed by atoms with Gasteiger partial charge in [0.15, 0.2) is 0 Å². The third-order valence-corrected chi connectivity index (χ3v) is 5.64. The predicted octanol–water partition coefficient (Wildman–Crippen LogP) is 2.45. The molecule has 1 aliphatic heterocycles. The molecule has 4 atom stereocenters. The highest BCUT2D eigenvalue weighted by molar-refractivity contribution is 4.89. The molecule has 0 aromatic rings. The number of hydrogen-bond acceptors (Lipinski definition) is 3. The van der Waals surface area contributed by atoms with Gasteiger partial charge in [-0.25, -0.2) is 0 Å². The molecule has 2 rings (SSSR count). The van der Waals surface area contributed by atoms with E-state index in [1.807, 2.05) is 0 Å². The number of likely N-dealkylation sites (N-methyl/N-ethyl adjacent to an activating group) is 1. The predicted molar refractivity (Wildman–Crippen MR) is 84.8 cm³/mol. The molecule has 0 aromatic carbocycles. The topological polar surface area (TPSA) is 26.7 Å². The smallest absolute Gasteiger partial charge is 0.0580 e. The molecule has 20 heavy (non-hydrogen) atoms. The Kier molecular flexibility index (Phi) is 5.14. The zero-order valence-corrected chi connectivity index (χ0v) is 14.1. The third-order valence-electron chi connectivity index (χ3n) is 5.64. The van der Waals surface area contributed by atoms with Crippen molar-refractivity contribution in [3.8, 4) is 0 Å². The molecule has 0 bridgehead atoms. The molecular weight excluding hydrogens is 248 g/mol. The van der Waals surface area contributed by atoms with E-state index in [-0.39, 0.29) is 6.10 Å². The summed E-state index contributed by atoms with van der Waals surface area (Å²) in [5, 5.41) is 10.4. The Morgan fingerprint density at radius 1 is 1.15 bits per heavy atom. The van der Waals surface area contributed by atoms with Crippen molar-refractivity contribution in [1.82, 2.24) is 9.80 Å². The zero-order chi connectivity index (χ0) is 14.9. The summed E-state index contributed by atoms with van der Waals surface area (Å²) in [6.45, 7) is 10.5. The first kappa shape index (κ1) is 16.3. The number of aliphatic hydroxyl groups is 1. The van der Waals surface area contributed by atoms with Gasteiger partial charge in [0.05, 0.1) is 6.10 Å². The monoisotopic (exact) mass is 282 g/mol. The van der Waals surface area contributed by atoms with Gasteiger partial charge in [-0.1, -0.05) is 20.8 Å². The first-order valence-electron chi connectivity index (χ1n) is 8.34. The summed E-state index contributed by atoms with van der Waals surface area (Å²) in [5.74, 6) is 1.25. The first-order valence-corrected chi connectivity index (χ1v) is 8.34. The van der Waals surface area contributed by atoms with Gasteiger partial charge in [-0.15, -0.1) is 0 Å². The van der Waals surface area contributed by atoms with Gasteiger partial charge in [-0.05, 0) is 63.6 Å². The summed E-state index contributed by atoms with van der Waals surface area (Å²) in [6, 6.07) is 0.703. The van der Waals surface area contributed by atoms with Crippen LogP contribution in [0.5, 0.6) is 0 Å². The molecule has 0 radical (unpaired) electrons. The van der Waals surface area contributed by atoms with Gasteiger partial charge in [0.2, 0.25) is 0 Å². The van der Waals surface area contributed by atoms with E-state index < -0.39 is 0 Å². The molecule has 1 aliphatic carbocycles. The Bertz CT molecular complexity index is 311. The zero-order valence-electron chi connectivity index (χ0n) is 14.1. The van der Waals surface area contributed by atoms with Crippen molar-refractivity contribution in [2.75, 3.05) is 33.7 Å². The van der Waals surface area contributed by atoms with E-state index in [9.17, 15) is 5.11 Å². The lowest BCUT2D eigenvalue weighted by Crippen LogP contribution is -2.41. The minimum absolute atomic E-state index is 0.0768. The van der Waals surface area contributed by atoms with E-state index in [1.165, 1.54) is 32.4 Å². The minimum Gasteiger partial charge on any atom is -0.393 e. The Balaban J connectivity index is 1.88. The normalized spacial score (nSPS) is 36.8. The van der Waals surface area contributed by atoms with E-state index >= 15 is 0 Å². The van der Waals surface area contributed by atoms with Crippen molar-refractivity contribution in [2.45, 2.75) is 58.6 Å². The maximum Gasteiger partial charge on any atom is 0.0580 e. The minimum atomic E-state index is -0.0768. The highest BCUT2D eigenvalue weighted by Crippen LogP contribution is 2.40. The Labute approximate surface area is 125 Å². The first-order chi connectivity index (χ1) is 9.27. The van der Waals surface area contributed by atoms with Crippen LogP contribution in [-0.4, -0.2) is 60.8 Å². The average molecular weight is 282 g/mol. The molecule has 1 heterocycles. The molecule has 1 saturated carbocycles. The van der Waals surface area contributed by atoms with Crippen LogP contribution in [-0.2, 0) is 0 Å². The standard InChI is InChI=1S/C17H34N2O/c1-17(2,3)14-6-7-16(20)13(10-14)11-19-9-8-15(12-19)18(4)5/h13-16,20H,6-12H2,1-5H3. The molecule has 1 saturated heterocycles. The van der Waals surface area contributed by atoms with Gasteiger partial charge in [-0.3, -0.25) is 0 Å². The fourth-order valence-electron chi connectivity index (χ4n) is 3.96. The van der Waals surface area contributed by atoms with Crippen molar-refractivity contribution in [2.24, 2.45) is 17.3 Å². The summed E-state index contributed by atoms with van der Waals surface area (Å²) in [6.07, 6.45) is 4.60. The molecule has 0 spiro atoms.